The molecule has 0 bridgehead atoms. The standard InChI is InChI=1S/C31H41N5O6/c1-35(2)16-6-5-15-32-30(40)25-19-28(38)33-26(18-21-11-13-23(37)14-12-21)31(41)36-17-7-8-22(36)20-42-27-10-4-3-9-24(27)29(39)34-25/h3-4,9-14,22,25-26,37H,5-8,15-20H2,1-2H3,(H,32,40)(H,33,38)(H,34,39)/t22-,25+,26+/m1/s1. The van der Waals surface area contributed by atoms with E-state index in [1.165, 1.54) is 12.1 Å². The van der Waals surface area contributed by atoms with Gasteiger partial charge in [0.25, 0.3) is 5.91 Å². The number of ether oxygens (including phenoxy) is 1. The monoisotopic (exact) mass is 579 g/mol. The first-order valence-electron chi connectivity index (χ1n) is 14.5. The fourth-order valence-electron chi connectivity index (χ4n) is 5.30. The highest BCUT2D eigenvalue weighted by Gasteiger charge is 2.36. The molecule has 42 heavy (non-hydrogen) atoms. The summed E-state index contributed by atoms with van der Waals surface area (Å²) in [5.74, 6) is -1.32. The van der Waals surface area contributed by atoms with Gasteiger partial charge in [-0.25, -0.2) is 0 Å². The first-order valence-corrected chi connectivity index (χ1v) is 14.5. The molecule has 2 heterocycles. The van der Waals surface area contributed by atoms with Crippen molar-refractivity contribution in [1.82, 2.24) is 25.8 Å². The van der Waals surface area contributed by atoms with Gasteiger partial charge in [0.05, 0.1) is 18.0 Å². The summed E-state index contributed by atoms with van der Waals surface area (Å²) in [6.07, 6.45) is 3.00. The summed E-state index contributed by atoms with van der Waals surface area (Å²) in [6.45, 7) is 1.99. The minimum Gasteiger partial charge on any atom is -0.508 e. The first-order chi connectivity index (χ1) is 20.2. The van der Waals surface area contributed by atoms with Crippen LogP contribution in [0.1, 0.15) is 48.0 Å². The minimum absolute atomic E-state index is 0.100. The van der Waals surface area contributed by atoms with Crippen molar-refractivity contribution in [3.63, 3.8) is 0 Å². The average Bonchev–Trinajstić information content (AvgIpc) is 3.44. The van der Waals surface area contributed by atoms with E-state index in [1.54, 1.807) is 41.3 Å². The lowest BCUT2D eigenvalue weighted by Crippen LogP contribution is -2.54. The van der Waals surface area contributed by atoms with Gasteiger partial charge in [-0.2, -0.15) is 0 Å². The molecule has 1 fully saturated rings. The summed E-state index contributed by atoms with van der Waals surface area (Å²) in [7, 11) is 3.96. The van der Waals surface area contributed by atoms with E-state index in [0.29, 0.717) is 18.8 Å². The molecule has 1 saturated heterocycles. The number of fused-ring (bicyclic) bond motifs is 2. The molecule has 4 N–H and O–H groups in total. The number of carbonyl (C=O) groups is 4. The molecule has 2 aromatic carbocycles. The van der Waals surface area contributed by atoms with Gasteiger partial charge >= 0.3 is 0 Å². The first kappa shape index (κ1) is 30.8. The molecule has 0 aromatic heterocycles. The molecule has 2 aliphatic rings. The second kappa shape index (κ2) is 14.7. The zero-order valence-electron chi connectivity index (χ0n) is 24.3. The highest BCUT2D eigenvalue weighted by atomic mass is 16.5. The van der Waals surface area contributed by atoms with E-state index in [4.69, 9.17) is 4.74 Å². The number of phenols is 1. The number of unbranched alkanes of at least 4 members (excludes halogenated alkanes) is 1. The van der Waals surface area contributed by atoms with Crippen molar-refractivity contribution < 1.29 is 29.0 Å². The van der Waals surface area contributed by atoms with Crippen molar-refractivity contribution in [3.05, 3.63) is 59.7 Å². The third-order valence-electron chi connectivity index (χ3n) is 7.58. The topological polar surface area (TPSA) is 140 Å². The molecule has 0 spiro atoms. The number of amides is 4. The molecule has 4 rings (SSSR count). The van der Waals surface area contributed by atoms with Gasteiger partial charge in [0, 0.05) is 19.5 Å². The van der Waals surface area contributed by atoms with E-state index in [2.05, 4.69) is 20.9 Å². The number of hydrogen-bond acceptors (Lipinski definition) is 7. The number of aromatic hydroxyl groups is 1. The van der Waals surface area contributed by atoms with Crippen LogP contribution in [0.15, 0.2) is 48.5 Å². The second-order valence-electron chi connectivity index (χ2n) is 11.2. The lowest BCUT2D eigenvalue weighted by atomic mass is 10.0. The predicted octanol–water partition coefficient (Wildman–Crippen LogP) is 1.45. The summed E-state index contributed by atoms with van der Waals surface area (Å²) in [6, 6.07) is 10.9. The molecule has 2 aliphatic heterocycles. The number of benzene rings is 2. The highest BCUT2D eigenvalue weighted by Crippen LogP contribution is 2.24. The Morgan fingerprint density at radius 3 is 2.60 bits per heavy atom. The van der Waals surface area contributed by atoms with Crippen LogP contribution in [0, 0.1) is 0 Å². The molecule has 11 heteroatoms. The normalized spacial score (nSPS) is 21.5. The molecule has 4 amide bonds. The molecule has 0 saturated carbocycles. The second-order valence-corrected chi connectivity index (χ2v) is 11.2. The van der Waals surface area contributed by atoms with Crippen LogP contribution in [0.3, 0.4) is 0 Å². The molecule has 3 atom stereocenters. The van der Waals surface area contributed by atoms with Crippen LogP contribution in [0.5, 0.6) is 11.5 Å². The third kappa shape index (κ3) is 8.45. The van der Waals surface area contributed by atoms with Gasteiger partial charge < -0.3 is 35.6 Å². The molecule has 226 valence electrons. The van der Waals surface area contributed by atoms with Crippen molar-refractivity contribution in [1.29, 1.82) is 0 Å². The Hall–Kier alpha value is -4.12. The Bertz CT molecular complexity index is 1250. The lowest BCUT2D eigenvalue weighted by molar-refractivity contribution is -0.138. The van der Waals surface area contributed by atoms with E-state index >= 15 is 0 Å². The molecule has 0 unspecified atom stereocenters. The summed E-state index contributed by atoms with van der Waals surface area (Å²) in [5.41, 5.74) is 1.01. The lowest BCUT2D eigenvalue weighted by Gasteiger charge is -2.30. The smallest absolute Gasteiger partial charge is 0.255 e. The summed E-state index contributed by atoms with van der Waals surface area (Å²) >= 11 is 0. The summed E-state index contributed by atoms with van der Waals surface area (Å²) in [4.78, 5) is 57.6. The average molecular weight is 580 g/mol. The fourth-order valence-corrected chi connectivity index (χ4v) is 5.30. The number of carbonyl (C=O) groups excluding carboxylic acids is 4. The molecular formula is C31H41N5O6. The summed E-state index contributed by atoms with van der Waals surface area (Å²) < 4.78 is 6.09. The van der Waals surface area contributed by atoms with Gasteiger partial charge in [-0.3, -0.25) is 19.2 Å². The number of rotatable bonds is 8. The van der Waals surface area contributed by atoms with E-state index in [-0.39, 0.29) is 42.7 Å². The Kier molecular flexibility index (Phi) is 10.8. The van der Waals surface area contributed by atoms with E-state index in [1.807, 2.05) is 14.1 Å². The van der Waals surface area contributed by atoms with Crippen molar-refractivity contribution >= 4 is 23.6 Å². The minimum atomic E-state index is -1.16. The number of hydrogen-bond donors (Lipinski definition) is 4. The van der Waals surface area contributed by atoms with Crippen LogP contribution in [0.25, 0.3) is 0 Å². The van der Waals surface area contributed by atoms with Crippen LogP contribution in [0.4, 0.5) is 0 Å². The zero-order chi connectivity index (χ0) is 30.1. The quantitative estimate of drug-likeness (QED) is 0.347. The number of nitrogens with one attached hydrogen (secondary N) is 3. The van der Waals surface area contributed by atoms with E-state index in [9.17, 15) is 24.3 Å². The van der Waals surface area contributed by atoms with Crippen molar-refractivity contribution in [3.8, 4) is 11.5 Å². The van der Waals surface area contributed by atoms with E-state index in [0.717, 1.165) is 37.8 Å². The molecule has 0 radical (unpaired) electrons. The number of nitrogens with zero attached hydrogens (tertiary/aromatic N) is 2. The van der Waals surface area contributed by atoms with Crippen molar-refractivity contribution in [2.45, 2.75) is 56.7 Å². The van der Waals surface area contributed by atoms with Gasteiger partial charge in [0.2, 0.25) is 17.7 Å². The van der Waals surface area contributed by atoms with E-state index < -0.39 is 29.8 Å². The Balaban J connectivity index is 1.58. The highest BCUT2D eigenvalue weighted by molar-refractivity contribution is 6.01. The number of phenolic OH excluding ortho intramolecular Hbond substituents is 1. The van der Waals surface area contributed by atoms with Gasteiger partial charge in [0.15, 0.2) is 0 Å². The Morgan fingerprint density at radius 1 is 1.07 bits per heavy atom. The van der Waals surface area contributed by atoms with Crippen LogP contribution in [-0.4, -0.2) is 97.0 Å². The Labute approximate surface area is 246 Å². The third-order valence-corrected chi connectivity index (χ3v) is 7.58. The van der Waals surface area contributed by atoms with Crippen LogP contribution < -0.4 is 20.7 Å². The zero-order valence-corrected chi connectivity index (χ0v) is 24.3. The van der Waals surface area contributed by atoms with Crippen molar-refractivity contribution in [2.75, 3.05) is 40.3 Å². The van der Waals surface area contributed by atoms with Crippen LogP contribution in [0.2, 0.25) is 0 Å². The van der Waals surface area contributed by atoms with Gasteiger partial charge in [-0.1, -0.05) is 24.3 Å². The maximum absolute atomic E-state index is 13.8. The predicted molar refractivity (Wildman–Crippen MR) is 157 cm³/mol. The van der Waals surface area contributed by atoms with Crippen LogP contribution in [-0.2, 0) is 20.8 Å². The number of para-hydroxylation sites is 1. The van der Waals surface area contributed by atoms with Gasteiger partial charge in [0.1, 0.15) is 30.2 Å². The molecule has 11 nitrogen and oxygen atoms in total. The Morgan fingerprint density at radius 2 is 1.83 bits per heavy atom. The van der Waals surface area contributed by atoms with Crippen LogP contribution >= 0.6 is 0 Å². The molecule has 0 aliphatic carbocycles. The van der Waals surface area contributed by atoms with Gasteiger partial charge in [-0.15, -0.1) is 0 Å². The molecular weight excluding hydrogens is 538 g/mol. The van der Waals surface area contributed by atoms with Gasteiger partial charge in [-0.05, 0) is 76.2 Å². The largest absolute Gasteiger partial charge is 0.508 e. The SMILES string of the molecule is CN(C)CCCCNC(=O)[C@@H]1CC(=O)N[C@@H](Cc2ccc(O)cc2)C(=O)N2CCC[C@@H]2COc2ccccc2C(=O)N1. The fraction of sp³-hybridized carbons (Fsp3) is 0.484. The maximum Gasteiger partial charge on any atom is 0.255 e. The summed E-state index contributed by atoms with van der Waals surface area (Å²) in [5, 5.41) is 18.1. The van der Waals surface area contributed by atoms with Crippen molar-refractivity contribution in [2.24, 2.45) is 0 Å². The maximum atomic E-state index is 13.8. The molecule has 2 aromatic rings.